The standard InChI is InChI=1S/C21H16F4N4O2/c22-12-1-4-16(18(7-12)31-11-21(23,24)25)19-17-10-28(20(30)15(17)5-6-26-19)14-8-27-29(9-14)13-2-3-13/h1,4-9,13H,2-3,10-11H2. The fourth-order valence-corrected chi connectivity index (χ4v) is 3.65. The molecule has 1 aromatic carbocycles. The van der Waals surface area contributed by atoms with Gasteiger partial charge in [-0.25, -0.2) is 4.39 Å². The summed E-state index contributed by atoms with van der Waals surface area (Å²) in [7, 11) is 0. The number of alkyl halides is 3. The maximum atomic E-state index is 13.7. The number of halogens is 4. The van der Waals surface area contributed by atoms with Crippen molar-refractivity contribution < 1.29 is 27.1 Å². The average Bonchev–Trinajstić information content (AvgIpc) is 3.36. The van der Waals surface area contributed by atoms with Gasteiger partial charge in [-0.1, -0.05) is 0 Å². The second-order valence-corrected chi connectivity index (χ2v) is 7.53. The Morgan fingerprint density at radius 2 is 1.97 bits per heavy atom. The average molecular weight is 432 g/mol. The number of benzene rings is 1. The van der Waals surface area contributed by atoms with Crippen molar-refractivity contribution in [3.63, 3.8) is 0 Å². The minimum Gasteiger partial charge on any atom is -0.483 e. The van der Waals surface area contributed by atoms with Crippen LogP contribution >= 0.6 is 0 Å². The third-order valence-corrected chi connectivity index (χ3v) is 5.26. The normalized spacial score (nSPS) is 16.0. The smallest absolute Gasteiger partial charge is 0.422 e. The van der Waals surface area contributed by atoms with Gasteiger partial charge in [-0.15, -0.1) is 0 Å². The van der Waals surface area contributed by atoms with Gasteiger partial charge in [0.2, 0.25) is 0 Å². The van der Waals surface area contributed by atoms with E-state index in [1.54, 1.807) is 17.2 Å². The Labute approximate surface area is 174 Å². The molecule has 3 aromatic rings. The third-order valence-electron chi connectivity index (χ3n) is 5.26. The predicted octanol–water partition coefficient (Wildman–Crippen LogP) is 4.52. The highest BCUT2D eigenvalue weighted by molar-refractivity contribution is 6.11. The van der Waals surface area contributed by atoms with E-state index < -0.39 is 18.6 Å². The predicted molar refractivity (Wildman–Crippen MR) is 102 cm³/mol. The lowest BCUT2D eigenvalue weighted by atomic mass is 10.0. The molecule has 0 spiro atoms. The van der Waals surface area contributed by atoms with Crippen molar-refractivity contribution in [2.75, 3.05) is 11.5 Å². The van der Waals surface area contributed by atoms with E-state index in [1.807, 2.05) is 10.9 Å². The number of hydrogen-bond acceptors (Lipinski definition) is 4. The molecule has 1 fully saturated rings. The van der Waals surface area contributed by atoms with Gasteiger partial charge in [-0.2, -0.15) is 18.3 Å². The maximum absolute atomic E-state index is 13.7. The summed E-state index contributed by atoms with van der Waals surface area (Å²) in [4.78, 5) is 18.8. The summed E-state index contributed by atoms with van der Waals surface area (Å²) in [5, 5.41) is 4.31. The Hall–Kier alpha value is -3.43. The van der Waals surface area contributed by atoms with Gasteiger partial charge in [-0.3, -0.25) is 14.5 Å². The molecule has 0 unspecified atom stereocenters. The molecule has 6 nitrogen and oxygen atoms in total. The van der Waals surface area contributed by atoms with Crippen LogP contribution in [-0.4, -0.2) is 33.5 Å². The Morgan fingerprint density at radius 1 is 1.16 bits per heavy atom. The largest absolute Gasteiger partial charge is 0.483 e. The molecular weight excluding hydrogens is 416 g/mol. The highest BCUT2D eigenvalue weighted by atomic mass is 19.4. The number of nitrogens with zero attached hydrogens (tertiary/aromatic N) is 4. The molecule has 0 atom stereocenters. The van der Waals surface area contributed by atoms with Crippen molar-refractivity contribution in [1.29, 1.82) is 0 Å². The highest BCUT2D eigenvalue weighted by Gasteiger charge is 2.34. The zero-order chi connectivity index (χ0) is 21.8. The first kappa shape index (κ1) is 19.5. The van der Waals surface area contributed by atoms with E-state index in [0.29, 0.717) is 22.9 Å². The van der Waals surface area contributed by atoms with E-state index in [9.17, 15) is 22.4 Å². The molecule has 10 heteroatoms. The van der Waals surface area contributed by atoms with Crippen LogP contribution < -0.4 is 9.64 Å². The summed E-state index contributed by atoms with van der Waals surface area (Å²) in [5.41, 5.74) is 2.02. The summed E-state index contributed by atoms with van der Waals surface area (Å²) in [6, 6.07) is 5.23. The van der Waals surface area contributed by atoms with E-state index >= 15 is 0 Å². The number of rotatable bonds is 5. The molecule has 1 amide bonds. The fourth-order valence-electron chi connectivity index (χ4n) is 3.65. The summed E-state index contributed by atoms with van der Waals surface area (Å²) in [5.74, 6) is -1.28. The SMILES string of the molecule is O=C1c2ccnc(-c3ccc(F)cc3OCC(F)(F)F)c2CN1c1cnn(C2CC2)c1. The number of pyridine rings is 1. The van der Waals surface area contributed by atoms with Crippen LogP contribution in [0.2, 0.25) is 0 Å². The molecule has 5 rings (SSSR count). The Balaban J connectivity index is 1.51. The Bertz CT molecular complexity index is 1170. The van der Waals surface area contributed by atoms with Gasteiger partial charge in [0, 0.05) is 35.2 Å². The van der Waals surface area contributed by atoms with Crippen LogP contribution in [0.25, 0.3) is 11.3 Å². The summed E-state index contributed by atoms with van der Waals surface area (Å²) >= 11 is 0. The molecule has 1 saturated carbocycles. The van der Waals surface area contributed by atoms with Crippen LogP contribution in [0.3, 0.4) is 0 Å². The second kappa shape index (κ2) is 7.07. The summed E-state index contributed by atoms with van der Waals surface area (Å²) in [6.07, 6.45) is 2.35. The molecular formula is C21H16F4N4O2. The fraction of sp³-hybridized carbons (Fsp3) is 0.286. The Morgan fingerprint density at radius 3 is 2.71 bits per heavy atom. The number of carbonyl (C=O) groups is 1. The first-order valence-electron chi connectivity index (χ1n) is 9.63. The first-order valence-corrected chi connectivity index (χ1v) is 9.63. The molecule has 2 aromatic heterocycles. The van der Waals surface area contributed by atoms with E-state index in [4.69, 9.17) is 4.74 Å². The zero-order valence-corrected chi connectivity index (χ0v) is 16.1. The molecule has 1 aliphatic heterocycles. The second-order valence-electron chi connectivity index (χ2n) is 7.53. The third kappa shape index (κ3) is 3.73. The van der Waals surface area contributed by atoms with Crippen molar-refractivity contribution >= 4 is 11.6 Å². The zero-order valence-electron chi connectivity index (χ0n) is 16.1. The maximum Gasteiger partial charge on any atom is 0.422 e. The first-order chi connectivity index (χ1) is 14.8. The van der Waals surface area contributed by atoms with Gasteiger partial charge in [0.15, 0.2) is 6.61 Å². The summed E-state index contributed by atoms with van der Waals surface area (Å²) < 4.78 is 58.4. The molecule has 3 heterocycles. The van der Waals surface area contributed by atoms with E-state index in [2.05, 4.69) is 10.1 Å². The quantitative estimate of drug-likeness (QED) is 0.557. The molecule has 160 valence electrons. The number of carbonyl (C=O) groups excluding carboxylic acids is 1. The highest BCUT2D eigenvalue weighted by Crippen LogP contribution is 2.39. The van der Waals surface area contributed by atoms with Crippen molar-refractivity contribution in [3.05, 3.63) is 59.8 Å². The van der Waals surface area contributed by atoms with Gasteiger partial charge >= 0.3 is 6.18 Å². The number of amides is 1. The molecule has 0 radical (unpaired) electrons. The van der Waals surface area contributed by atoms with Crippen molar-refractivity contribution in [1.82, 2.24) is 14.8 Å². The lowest BCUT2D eigenvalue weighted by Crippen LogP contribution is -2.22. The molecule has 0 N–H and O–H groups in total. The lowest BCUT2D eigenvalue weighted by molar-refractivity contribution is -0.153. The lowest BCUT2D eigenvalue weighted by Gasteiger charge is -2.15. The number of hydrogen-bond donors (Lipinski definition) is 0. The van der Waals surface area contributed by atoms with Gasteiger partial charge in [0.25, 0.3) is 5.91 Å². The number of fused-ring (bicyclic) bond motifs is 1. The van der Waals surface area contributed by atoms with Gasteiger partial charge in [0.05, 0.1) is 30.2 Å². The van der Waals surface area contributed by atoms with Crippen LogP contribution in [-0.2, 0) is 6.54 Å². The number of ether oxygens (including phenoxy) is 1. The molecule has 31 heavy (non-hydrogen) atoms. The molecule has 2 aliphatic rings. The van der Waals surface area contributed by atoms with Crippen molar-refractivity contribution in [2.45, 2.75) is 31.6 Å². The minimum absolute atomic E-state index is 0.170. The van der Waals surface area contributed by atoms with Crippen LogP contribution in [0.1, 0.15) is 34.8 Å². The monoisotopic (exact) mass is 432 g/mol. The van der Waals surface area contributed by atoms with E-state index in [-0.39, 0.29) is 29.5 Å². The topological polar surface area (TPSA) is 60.2 Å². The van der Waals surface area contributed by atoms with Crippen molar-refractivity contribution in [2.24, 2.45) is 0 Å². The van der Waals surface area contributed by atoms with Crippen LogP contribution in [0, 0.1) is 5.82 Å². The van der Waals surface area contributed by atoms with Crippen molar-refractivity contribution in [3.8, 4) is 17.0 Å². The van der Waals surface area contributed by atoms with Crippen LogP contribution in [0.15, 0.2) is 42.9 Å². The number of aromatic nitrogens is 3. The van der Waals surface area contributed by atoms with E-state index in [0.717, 1.165) is 25.0 Å². The van der Waals surface area contributed by atoms with Gasteiger partial charge < -0.3 is 9.64 Å². The molecule has 0 saturated heterocycles. The minimum atomic E-state index is -4.58. The van der Waals surface area contributed by atoms with Crippen LogP contribution in [0.4, 0.5) is 23.2 Å². The van der Waals surface area contributed by atoms with Crippen LogP contribution in [0.5, 0.6) is 5.75 Å². The Kier molecular flexibility index (Phi) is 4.45. The molecule has 0 bridgehead atoms. The molecule has 1 aliphatic carbocycles. The van der Waals surface area contributed by atoms with E-state index in [1.165, 1.54) is 12.3 Å². The summed E-state index contributed by atoms with van der Waals surface area (Å²) in [6.45, 7) is -1.40. The van der Waals surface area contributed by atoms with Gasteiger partial charge in [0.1, 0.15) is 11.6 Å². The number of anilines is 1. The van der Waals surface area contributed by atoms with Gasteiger partial charge in [-0.05, 0) is 31.0 Å².